The van der Waals surface area contributed by atoms with Gasteiger partial charge in [0.1, 0.15) is 5.75 Å². The molecule has 1 atom stereocenters. The van der Waals surface area contributed by atoms with E-state index in [2.05, 4.69) is 15.6 Å². The molecule has 0 spiro atoms. The van der Waals surface area contributed by atoms with Crippen LogP contribution in [0.15, 0.2) is 23.6 Å². The molecule has 1 aromatic carbocycles. The predicted octanol–water partition coefficient (Wildman–Crippen LogP) is 3.63. The van der Waals surface area contributed by atoms with Crippen molar-refractivity contribution in [2.24, 2.45) is 0 Å². The van der Waals surface area contributed by atoms with Crippen LogP contribution in [0.1, 0.15) is 24.8 Å². The lowest BCUT2D eigenvalue weighted by Crippen LogP contribution is -2.43. The molecule has 1 fully saturated rings. The highest BCUT2D eigenvalue weighted by molar-refractivity contribution is 7.14. The largest absolute Gasteiger partial charge is 0.496 e. The van der Waals surface area contributed by atoms with Crippen molar-refractivity contribution in [3.05, 3.63) is 29.1 Å². The van der Waals surface area contributed by atoms with Crippen molar-refractivity contribution in [3.8, 4) is 17.0 Å². The Morgan fingerprint density at radius 3 is 2.96 bits per heavy atom. The molecule has 1 aliphatic rings. The van der Waals surface area contributed by atoms with E-state index in [1.807, 2.05) is 30.5 Å². The number of piperidine rings is 1. The van der Waals surface area contributed by atoms with Gasteiger partial charge in [-0.25, -0.2) is 4.98 Å². The van der Waals surface area contributed by atoms with Crippen LogP contribution in [0.2, 0.25) is 0 Å². The molecule has 0 radical (unpaired) electrons. The number of hydrogen-bond acceptors (Lipinski definition) is 5. The molecule has 1 saturated heterocycles. The lowest BCUT2D eigenvalue weighted by molar-refractivity contribution is -0.118. The van der Waals surface area contributed by atoms with Crippen molar-refractivity contribution in [1.82, 2.24) is 10.3 Å². The number of nitrogens with one attached hydrogen (secondary N) is 2. The molecule has 1 aliphatic heterocycles. The fraction of sp³-hybridized carbons (Fsp3) is 0.412. The van der Waals surface area contributed by atoms with E-state index in [9.17, 15) is 4.79 Å². The van der Waals surface area contributed by atoms with Gasteiger partial charge in [-0.3, -0.25) is 4.79 Å². The topological polar surface area (TPSA) is 63.2 Å². The van der Waals surface area contributed by atoms with Crippen molar-refractivity contribution < 1.29 is 9.53 Å². The normalized spacial score (nSPS) is 17.0. The van der Waals surface area contributed by atoms with Gasteiger partial charge in [0.15, 0.2) is 5.13 Å². The smallest absolute Gasteiger partial charge is 0.243 e. The summed E-state index contributed by atoms with van der Waals surface area (Å²) in [7, 11) is 1.65. The zero-order valence-corrected chi connectivity index (χ0v) is 15.4. The van der Waals surface area contributed by atoms with Crippen LogP contribution in [0, 0.1) is 6.92 Å². The van der Waals surface area contributed by atoms with Gasteiger partial charge >= 0.3 is 0 Å². The highest BCUT2D eigenvalue weighted by Gasteiger charge is 2.21. The maximum atomic E-state index is 12.3. The van der Waals surface area contributed by atoms with E-state index >= 15 is 0 Å². The van der Waals surface area contributed by atoms with Crippen LogP contribution in [0.4, 0.5) is 5.13 Å². The molecule has 3 rings (SSSR count). The first kappa shape index (κ1) is 18.7. The number of halogens is 1. The number of hydrogen-bond donors (Lipinski definition) is 2. The molecule has 2 heterocycles. The van der Waals surface area contributed by atoms with E-state index in [-0.39, 0.29) is 24.4 Å². The molecule has 0 bridgehead atoms. The summed E-state index contributed by atoms with van der Waals surface area (Å²) in [6, 6.07) is 5.88. The Morgan fingerprint density at radius 1 is 1.42 bits per heavy atom. The second-order valence-electron chi connectivity index (χ2n) is 5.73. The number of thiazole rings is 1. The number of anilines is 1. The average molecular weight is 368 g/mol. The number of carbonyl (C=O) groups is 1. The minimum atomic E-state index is -0.107. The third kappa shape index (κ3) is 4.26. The number of benzene rings is 1. The summed E-state index contributed by atoms with van der Waals surface area (Å²) >= 11 is 1.44. The van der Waals surface area contributed by atoms with Crippen LogP contribution in [-0.4, -0.2) is 30.6 Å². The second kappa shape index (κ2) is 8.46. The van der Waals surface area contributed by atoms with Gasteiger partial charge < -0.3 is 15.4 Å². The SMILES string of the molecule is COc1ccc(C)cc1-c1csc(NC(=O)C2CCCCN2)n1.Cl. The van der Waals surface area contributed by atoms with Gasteiger partial charge in [0.2, 0.25) is 5.91 Å². The van der Waals surface area contributed by atoms with Crippen LogP contribution in [0.3, 0.4) is 0 Å². The summed E-state index contributed by atoms with van der Waals surface area (Å²) in [5.74, 6) is 0.787. The molecular formula is C17H22ClN3O2S. The first-order valence-electron chi connectivity index (χ1n) is 7.82. The Labute approximate surface area is 152 Å². The number of nitrogens with zero attached hydrogens (tertiary/aromatic N) is 1. The fourth-order valence-electron chi connectivity index (χ4n) is 2.74. The Kier molecular flexibility index (Phi) is 6.60. The van der Waals surface area contributed by atoms with Gasteiger partial charge in [-0.2, -0.15) is 0 Å². The molecule has 1 amide bonds. The van der Waals surface area contributed by atoms with Crippen LogP contribution in [-0.2, 0) is 4.79 Å². The fourth-order valence-corrected chi connectivity index (χ4v) is 3.46. The molecule has 1 unspecified atom stereocenters. The Hall–Kier alpha value is -1.63. The van der Waals surface area contributed by atoms with Crippen LogP contribution < -0.4 is 15.4 Å². The third-order valence-corrected chi connectivity index (χ3v) is 4.75. The van der Waals surface area contributed by atoms with Crippen molar-refractivity contribution in [2.75, 3.05) is 19.0 Å². The highest BCUT2D eigenvalue weighted by Crippen LogP contribution is 2.33. The molecule has 7 heteroatoms. The number of aryl methyl sites for hydroxylation is 1. The van der Waals surface area contributed by atoms with E-state index in [0.29, 0.717) is 5.13 Å². The quantitative estimate of drug-likeness (QED) is 0.866. The molecular weight excluding hydrogens is 346 g/mol. The van der Waals surface area contributed by atoms with Crippen LogP contribution in [0.25, 0.3) is 11.3 Å². The van der Waals surface area contributed by atoms with Crippen molar-refractivity contribution >= 4 is 34.8 Å². The first-order valence-corrected chi connectivity index (χ1v) is 8.70. The lowest BCUT2D eigenvalue weighted by atomic mass is 10.0. The second-order valence-corrected chi connectivity index (χ2v) is 6.59. The zero-order chi connectivity index (χ0) is 16.2. The molecule has 130 valence electrons. The maximum absolute atomic E-state index is 12.3. The summed E-state index contributed by atoms with van der Waals surface area (Å²) in [4.78, 5) is 16.8. The third-order valence-electron chi connectivity index (χ3n) is 3.99. The summed E-state index contributed by atoms with van der Waals surface area (Å²) in [6.07, 6.45) is 3.11. The molecule has 0 saturated carbocycles. The van der Waals surface area contributed by atoms with E-state index in [1.54, 1.807) is 7.11 Å². The van der Waals surface area contributed by atoms with E-state index in [0.717, 1.165) is 48.4 Å². The monoisotopic (exact) mass is 367 g/mol. The minimum absolute atomic E-state index is 0. The summed E-state index contributed by atoms with van der Waals surface area (Å²) < 4.78 is 5.41. The molecule has 2 aromatic rings. The molecule has 2 N–H and O–H groups in total. The molecule has 5 nitrogen and oxygen atoms in total. The van der Waals surface area contributed by atoms with Crippen molar-refractivity contribution in [1.29, 1.82) is 0 Å². The van der Waals surface area contributed by atoms with Crippen LogP contribution >= 0.6 is 23.7 Å². The Bertz CT molecular complexity index is 699. The predicted molar refractivity (Wildman–Crippen MR) is 100 cm³/mol. The Balaban J connectivity index is 0.00000208. The van der Waals surface area contributed by atoms with E-state index in [1.165, 1.54) is 11.3 Å². The molecule has 1 aromatic heterocycles. The van der Waals surface area contributed by atoms with Gasteiger partial charge in [-0.15, -0.1) is 23.7 Å². The van der Waals surface area contributed by atoms with Crippen molar-refractivity contribution in [2.45, 2.75) is 32.2 Å². The summed E-state index contributed by atoms with van der Waals surface area (Å²) in [6.45, 7) is 2.94. The van der Waals surface area contributed by atoms with Crippen LogP contribution in [0.5, 0.6) is 5.75 Å². The highest BCUT2D eigenvalue weighted by atomic mass is 35.5. The summed E-state index contributed by atoms with van der Waals surface area (Å²) in [5.41, 5.74) is 2.91. The minimum Gasteiger partial charge on any atom is -0.496 e. The van der Waals surface area contributed by atoms with E-state index in [4.69, 9.17) is 4.74 Å². The van der Waals surface area contributed by atoms with Gasteiger partial charge in [0.25, 0.3) is 0 Å². The maximum Gasteiger partial charge on any atom is 0.243 e. The van der Waals surface area contributed by atoms with Gasteiger partial charge in [-0.05, 0) is 38.4 Å². The van der Waals surface area contributed by atoms with Gasteiger partial charge in [-0.1, -0.05) is 18.1 Å². The number of ether oxygens (including phenoxy) is 1. The molecule has 0 aliphatic carbocycles. The number of amides is 1. The zero-order valence-electron chi connectivity index (χ0n) is 13.8. The van der Waals surface area contributed by atoms with Gasteiger partial charge in [0, 0.05) is 10.9 Å². The standard InChI is InChI=1S/C17H21N3O2S.ClH/c1-11-6-7-15(22-2)12(9-11)14-10-23-17(19-14)20-16(21)13-5-3-4-8-18-13;/h6-7,9-10,13,18H,3-5,8H2,1-2H3,(H,19,20,21);1H. The number of aromatic nitrogens is 1. The van der Waals surface area contributed by atoms with E-state index < -0.39 is 0 Å². The number of rotatable bonds is 4. The lowest BCUT2D eigenvalue weighted by Gasteiger charge is -2.21. The van der Waals surface area contributed by atoms with Crippen molar-refractivity contribution in [3.63, 3.8) is 0 Å². The Morgan fingerprint density at radius 2 is 2.25 bits per heavy atom. The number of methoxy groups -OCH3 is 1. The summed E-state index contributed by atoms with van der Waals surface area (Å²) in [5, 5.41) is 8.74. The molecule has 24 heavy (non-hydrogen) atoms. The number of carbonyl (C=O) groups excluding carboxylic acids is 1. The average Bonchev–Trinajstić information content (AvgIpc) is 3.04. The first-order chi connectivity index (χ1) is 11.2. The van der Waals surface area contributed by atoms with Gasteiger partial charge in [0.05, 0.1) is 18.8 Å².